The third kappa shape index (κ3) is 3.44. The summed E-state index contributed by atoms with van der Waals surface area (Å²) in [6.07, 6.45) is 1.64. The summed E-state index contributed by atoms with van der Waals surface area (Å²) in [5.74, 6) is 0.377. The first-order valence-electron chi connectivity index (χ1n) is 8.64. The molecule has 0 aliphatic carbocycles. The Kier molecular flexibility index (Phi) is 4.42. The van der Waals surface area contributed by atoms with E-state index in [1.165, 1.54) is 12.1 Å². The molecule has 4 nitrogen and oxygen atoms in total. The molecule has 4 rings (SSSR count). The maximum absolute atomic E-state index is 13.9. The van der Waals surface area contributed by atoms with Crippen LogP contribution >= 0.6 is 0 Å². The summed E-state index contributed by atoms with van der Waals surface area (Å²) in [6, 6.07) is 18.9. The molecule has 134 valence electrons. The monoisotopic (exact) mass is 359 g/mol. The standard InChI is InChI=1S/C22H18FN3O/c1-14-5-2-9-19(25-14)26-20(16-6-3-8-17(23)13-16)18-11-10-15-7-4-12-24-21(15)22(18)27/h2-13,20,27H,1H3,(H,25,26)/t20-/m1/s1. The lowest BCUT2D eigenvalue weighted by atomic mass is 9.96. The molecule has 2 N–H and O–H groups in total. The lowest BCUT2D eigenvalue weighted by Gasteiger charge is -2.22. The SMILES string of the molecule is Cc1cccc(N[C@H](c2cccc(F)c2)c2ccc3cccnc3c2O)n1. The Bertz CT molecular complexity index is 1110. The second kappa shape index (κ2) is 7.03. The number of aromatic hydroxyl groups is 1. The molecule has 0 aliphatic heterocycles. The lowest BCUT2D eigenvalue weighted by Crippen LogP contribution is -2.14. The van der Waals surface area contributed by atoms with Gasteiger partial charge in [0.25, 0.3) is 0 Å². The van der Waals surface area contributed by atoms with Crippen molar-refractivity contribution in [2.24, 2.45) is 0 Å². The van der Waals surface area contributed by atoms with Gasteiger partial charge in [0.1, 0.15) is 22.9 Å². The quantitative estimate of drug-likeness (QED) is 0.539. The van der Waals surface area contributed by atoms with Crippen LogP contribution in [-0.4, -0.2) is 15.1 Å². The summed E-state index contributed by atoms with van der Waals surface area (Å²) in [7, 11) is 0. The van der Waals surface area contributed by atoms with Crippen LogP contribution in [0, 0.1) is 12.7 Å². The van der Waals surface area contributed by atoms with E-state index in [9.17, 15) is 9.50 Å². The van der Waals surface area contributed by atoms with Gasteiger partial charge in [0.15, 0.2) is 0 Å². The van der Waals surface area contributed by atoms with Crippen molar-refractivity contribution in [2.75, 3.05) is 5.32 Å². The number of phenolic OH excluding ortho intramolecular Hbond substituents is 1. The fraction of sp³-hybridized carbons (Fsp3) is 0.0909. The molecule has 2 aromatic heterocycles. The predicted octanol–water partition coefficient (Wildman–Crippen LogP) is 4.98. The average molecular weight is 359 g/mol. The highest BCUT2D eigenvalue weighted by molar-refractivity contribution is 5.86. The summed E-state index contributed by atoms with van der Waals surface area (Å²) in [5, 5.41) is 15.0. The van der Waals surface area contributed by atoms with Gasteiger partial charge < -0.3 is 10.4 Å². The Morgan fingerprint density at radius 2 is 1.85 bits per heavy atom. The van der Waals surface area contributed by atoms with E-state index in [-0.39, 0.29) is 11.6 Å². The van der Waals surface area contributed by atoms with Gasteiger partial charge in [-0.1, -0.05) is 36.4 Å². The molecule has 1 atom stereocenters. The largest absolute Gasteiger partial charge is 0.505 e. The van der Waals surface area contributed by atoms with E-state index >= 15 is 0 Å². The van der Waals surface area contributed by atoms with Crippen LogP contribution < -0.4 is 5.32 Å². The molecule has 0 fully saturated rings. The maximum atomic E-state index is 13.9. The number of rotatable bonds is 4. The first-order valence-corrected chi connectivity index (χ1v) is 8.64. The molecule has 2 heterocycles. The van der Waals surface area contributed by atoms with Gasteiger partial charge in [-0.05, 0) is 42.8 Å². The second-order valence-electron chi connectivity index (χ2n) is 6.38. The van der Waals surface area contributed by atoms with Gasteiger partial charge in [0.2, 0.25) is 0 Å². The highest BCUT2D eigenvalue weighted by atomic mass is 19.1. The molecule has 5 heteroatoms. The Morgan fingerprint density at radius 1 is 1.00 bits per heavy atom. The Morgan fingerprint density at radius 3 is 2.67 bits per heavy atom. The number of benzene rings is 2. The van der Waals surface area contributed by atoms with Crippen LogP contribution in [-0.2, 0) is 0 Å². The molecule has 2 aromatic carbocycles. The van der Waals surface area contributed by atoms with E-state index in [4.69, 9.17) is 0 Å². The van der Waals surface area contributed by atoms with Crippen LogP contribution in [0.2, 0.25) is 0 Å². The Balaban J connectivity index is 1.86. The Hall–Kier alpha value is -3.47. The average Bonchev–Trinajstić information content (AvgIpc) is 2.67. The van der Waals surface area contributed by atoms with Crippen LogP contribution in [0.4, 0.5) is 10.2 Å². The third-order valence-corrected chi connectivity index (χ3v) is 4.45. The minimum atomic E-state index is -0.485. The van der Waals surface area contributed by atoms with E-state index < -0.39 is 6.04 Å². The van der Waals surface area contributed by atoms with Gasteiger partial charge >= 0.3 is 0 Å². The molecule has 0 amide bonds. The zero-order chi connectivity index (χ0) is 18.8. The predicted molar refractivity (Wildman–Crippen MR) is 104 cm³/mol. The summed E-state index contributed by atoms with van der Waals surface area (Å²) < 4.78 is 13.9. The van der Waals surface area contributed by atoms with Crippen molar-refractivity contribution < 1.29 is 9.50 Å². The van der Waals surface area contributed by atoms with Crippen LogP contribution in [0.3, 0.4) is 0 Å². The molecule has 0 saturated carbocycles. The Labute approximate surface area is 156 Å². The highest BCUT2D eigenvalue weighted by Gasteiger charge is 2.20. The number of fused-ring (bicyclic) bond motifs is 1. The highest BCUT2D eigenvalue weighted by Crippen LogP contribution is 2.36. The minimum absolute atomic E-state index is 0.0718. The van der Waals surface area contributed by atoms with Crippen molar-refractivity contribution in [3.8, 4) is 5.75 Å². The zero-order valence-corrected chi connectivity index (χ0v) is 14.7. The number of pyridine rings is 2. The number of anilines is 1. The van der Waals surface area contributed by atoms with E-state index in [1.54, 1.807) is 12.3 Å². The van der Waals surface area contributed by atoms with Crippen LogP contribution in [0.25, 0.3) is 10.9 Å². The molecule has 0 aliphatic rings. The number of hydrogen-bond acceptors (Lipinski definition) is 4. The first kappa shape index (κ1) is 17.0. The first-order chi connectivity index (χ1) is 13.1. The molecular formula is C22H18FN3O. The maximum Gasteiger partial charge on any atom is 0.147 e. The molecule has 0 spiro atoms. The number of halogens is 1. The second-order valence-corrected chi connectivity index (χ2v) is 6.38. The van der Waals surface area contributed by atoms with Crippen molar-refractivity contribution in [2.45, 2.75) is 13.0 Å². The van der Waals surface area contributed by atoms with E-state index in [2.05, 4.69) is 15.3 Å². The van der Waals surface area contributed by atoms with Crippen LogP contribution in [0.1, 0.15) is 22.9 Å². The van der Waals surface area contributed by atoms with Crippen molar-refractivity contribution in [1.29, 1.82) is 0 Å². The van der Waals surface area contributed by atoms with E-state index in [1.807, 2.05) is 55.5 Å². The van der Waals surface area contributed by atoms with Gasteiger partial charge in [-0.3, -0.25) is 4.98 Å². The minimum Gasteiger partial charge on any atom is -0.505 e. The third-order valence-electron chi connectivity index (χ3n) is 4.45. The number of nitrogens with zero attached hydrogens (tertiary/aromatic N) is 2. The number of hydrogen-bond donors (Lipinski definition) is 2. The fourth-order valence-electron chi connectivity index (χ4n) is 3.18. The summed E-state index contributed by atoms with van der Waals surface area (Å²) >= 11 is 0. The van der Waals surface area contributed by atoms with Crippen LogP contribution in [0.5, 0.6) is 5.75 Å². The summed E-state index contributed by atoms with van der Waals surface area (Å²) in [6.45, 7) is 1.90. The van der Waals surface area contributed by atoms with Crippen LogP contribution in [0.15, 0.2) is 72.9 Å². The van der Waals surface area contributed by atoms with Crippen molar-refractivity contribution in [3.63, 3.8) is 0 Å². The molecule has 0 unspecified atom stereocenters. The fourth-order valence-corrected chi connectivity index (χ4v) is 3.18. The summed E-state index contributed by atoms with van der Waals surface area (Å²) in [4.78, 5) is 8.76. The summed E-state index contributed by atoms with van der Waals surface area (Å²) in [5.41, 5.74) is 2.66. The normalized spacial score (nSPS) is 12.1. The molecule has 4 aromatic rings. The molecule has 0 saturated heterocycles. The van der Waals surface area contributed by atoms with Gasteiger partial charge in [0, 0.05) is 22.8 Å². The van der Waals surface area contributed by atoms with E-state index in [0.717, 1.165) is 11.1 Å². The molecule has 0 radical (unpaired) electrons. The lowest BCUT2D eigenvalue weighted by molar-refractivity contribution is 0.471. The van der Waals surface area contributed by atoms with Crippen molar-refractivity contribution in [1.82, 2.24) is 9.97 Å². The van der Waals surface area contributed by atoms with Gasteiger partial charge in [-0.25, -0.2) is 9.37 Å². The van der Waals surface area contributed by atoms with Gasteiger partial charge in [0.05, 0.1) is 6.04 Å². The molecule has 27 heavy (non-hydrogen) atoms. The van der Waals surface area contributed by atoms with Gasteiger partial charge in [-0.15, -0.1) is 0 Å². The zero-order valence-electron chi connectivity index (χ0n) is 14.7. The number of aromatic nitrogens is 2. The number of phenols is 1. The number of aryl methyl sites for hydroxylation is 1. The number of nitrogens with one attached hydrogen (secondary N) is 1. The molecular weight excluding hydrogens is 341 g/mol. The van der Waals surface area contributed by atoms with E-state index in [0.29, 0.717) is 22.5 Å². The smallest absolute Gasteiger partial charge is 0.147 e. The van der Waals surface area contributed by atoms with Gasteiger partial charge in [-0.2, -0.15) is 0 Å². The topological polar surface area (TPSA) is 58.0 Å². The molecule has 0 bridgehead atoms. The van der Waals surface area contributed by atoms with Crippen molar-refractivity contribution >= 4 is 16.7 Å². The van der Waals surface area contributed by atoms with Crippen molar-refractivity contribution in [3.05, 3.63) is 95.6 Å².